The molecule has 0 aliphatic carbocycles. The molecule has 4 N–H and O–H groups in total. The summed E-state index contributed by atoms with van der Waals surface area (Å²) in [6.07, 6.45) is 4.94. The van der Waals surface area contributed by atoms with Gasteiger partial charge in [0, 0.05) is 12.6 Å². The summed E-state index contributed by atoms with van der Waals surface area (Å²) in [6.45, 7) is 7.17. The topological polar surface area (TPSA) is 62.4 Å². The summed E-state index contributed by atoms with van der Waals surface area (Å²) >= 11 is 0. The Labute approximate surface area is 87.3 Å². The van der Waals surface area contributed by atoms with Crippen molar-refractivity contribution in [1.29, 1.82) is 0 Å². The predicted octanol–water partition coefficient (Wildman–Crippen LogP) is 1.38. The number of hydrazine groups is 1. The Morgan fingerprint density at radius 3 is 2.50 bits per heavy atom. The molecular weight excluding hydrogens is 176 g/mol. The van der Waals surface area contributed by atoms with E-state index in [0.717, 1.165) is 13.0 Å². The van der Waals surface area contributed by atoms with Crippen LogP contribution in [0.15, 0.2) is 4.99 Å². The zero-order valence-corrected chi connectivity index (χ0v) is 9.64. The molecule has 0 aromatic carbocycles. The fourth-order valence-electron chi connectivity index (χ4n) is 1.14. The van der Waals surface area contributed by atoms with Crippen LogP contribution < -0.4 is 16.6 Å². The molecule has 0 aliphatic heterocycles. The maximum atomic E-state index is 5.32. The Morgan fingerprint density at radius 1 is 1.29 bits per heavy atom. The van der Waals surface area contributed by atoms with Gasteiger partial charge in [-0.05, 0) is 20.3 Å². The molecule has 84 valence electrons. The van der Waals surface area contributed by atoms with E-state index >= 15 is 0 Å². The zero-order chi connectivity index (χ0) is 10.8. The molecule has 0 aromatic heterocycles. The Morgan fingerprint density at radius 2 is 2.00 bits per heavy atom. The fraction of sp³-hybridized carbons (Fsp3) is 0.900. The number of nitrogens with one attached hydrogen (secondary N) is 2. The molecule has 0 saturated heterocycles. The van der Waals surface area contributed by atoms with E-state index in [9.17, 15) is 0 Å². The third-order valence-electron chi connectivity index (χ3n) is 1.84. The van der Waals surface area contributed by atoms with Crippen LogP contribution >= 0.6 is 0 Å². The van der Waals surface area contributed by atoms with Gasteiger partial charge in [0.05, 0.1) is 0 Å². The van der Waals surface area contributed by atoms with E-state index < -0.39 is 0 Å². The summed E-state index contributed by atoms with van der Waals surface area (Å²) in [6, 6.07) is 0.362. The molecule has 0 atom stereocenters. The lowest BCUT2D eigenvalue weighted by molar-refractivity contribution is 0.662. The maximum absolute atomic E-state index is 5.32. The average molecular weight is 200 g/mol. The number of nitrogens with two attached hydrogens (primary N) is 1. The Kier molecular flexibility index (Phi) is 8.33. The molecule has 0 rings (SSSR count). The standard InChI is InChI=1S/C10H24N4/c1-4-5-6-7-8-12-10(14-11)13-9(2)3/h9H,4-8,11H2,1-3H3,(H2,12,13,14). The Balaban J connectivity index is 3.59. The van der Waals surface area contributed by atoms with E-state index in [2.05, 4.69) is 36.5 Å². The normalized spacial score (nSPS) is 11.9. The van der Waals surface area contributed by atoms with Crippen molar-refractivity contribution in [1.82, 2.24) is 10.7 Å². The first-order valence-electron chi connectivity index (χ1n) is 5.48. The molecule has 0 amide bonds. The van der Waals surface area contributed by atoms with Crippen molar-refractivity contribution in [2.45, 2.75) is 52.5 Å². The first-order chi connectivity index (χ1) is 6.70. The maximum Gasteiger partial charge on any atom is 0.205 e. The van der Waals surface area contributed by atoms with Gasteiger partial charge in [0.15, 0.2) is 0 Å². The molecular formula is C10H24N4. The van der Waals surface area contributed by atoms with Crippen LogP contribution in [-0.2, 0) is 0 Å². The summed E-state index contributed by atoms with van der Waals surface area (Å²) in [5.41, 5.74) is 2.56. The highest BCUT2D eigenvalue weighted by Gasteiger charge is 1.96. The van der Waals surface area contributed by atoms with Crippen LogP contribution in [0, 0.1) is 0 Å². The van der Waals surface area contributed by atoms with E-state index in [1.54, 1.807) is 0 Å². The lowest BCUT2D eigenvalue weighted by Crippen LogP contribution is -2.44. The van der Waals surface area contributed by atoms with E-state index in [1.807, 2.05) is 0 Å². The van der Waals surface area contributed by atoms with Gasteiger partial charge >= 0.3 is 0 Å². The van der Waals surface area contributed by atoms with Gasteiger partial charge in [-0.3, -0.25) is 10.4 Å². The number of unbranched alkanes of at least 4 members (excludes halogenated alkanes) is 3. The van der Waals surface area contributed by atoms with Crippen molar-refractivity contribution in [2.24, 2.45) is 10.8 Å². The minimum Gasteiger partial charge on any atom is -0.353 e. The van der Waals surface area contributed by atoms with Gasteiger partial charge in [-0.2, -0.15) is 0 Å². The second-order valence-electron chi connectivity index (χ2n) is 3.73. The minimum atomic E-state index is 0.362. The summed E-state index contributed by atoms with van der Waals surface area (Å²) in [4.78, 5) is 4.32. The predicted molar refractivity (Wildman–Crippen MR) is 62.0 cm³/mol. The van der Waals surface area contributed by atoms with Crippen LogP contribution in [0.25, 0.3) is 0 Å². The van der Waals surface area contributed by atoms with Crippen LogP contribution in [0.4, 0.5) is 0 Å². The summed E-state index contributed by atoms with van der Waals surface area (Å²) in [5, 5.41) is 3.13. The molecule has 0 radical (unpaired) electrons. The third-order valence-corrected chi connectivity index (χ3v) is 1.84. The third kappa shape index (κ3) is 7.86. The van der Waals surface area contributed by atoms with Crippen molar-refractivity contribution in [3.63, 3.8) is 0 Å². The van der Waals surface area contributed by atoms with Gasteiger partial charge in [-0.25, -0.2) is 5.84 Å². The Bertz CT molecular complexity index is 154. The first kappa shape index (κ1) is 13.2. The van der Waals surface area contributed by atoms with Crippen LogP contribution in [0.3, 0.4) is 0 Å². The molecule has 0 bridgehead atoms. The number of hydrogen-bond acceptors (Lipinski definition) is 2. The summed E-state index contributed by atoms with van der Waals surface area (Å²) < 4.78 is 0. The van der Waals surface area contributed by atoms with E-state index in [0.29, 0.717) is 12.0 Å². The number of guanidine groups is 1. The second-order valence-corrected chi connectivity index (χ2v) is 3.73. The molecule has 4 heteroatoms. The highest BCUT2D eigenvalue weighted by Crippen LogP contribution is 1.98. The smallest absolute Gasteiger partial charge is 0.205 e. The van der Waals surface area contributed by atoms with Crippen molar-refractivity contribution < 1.29 is 0 Å². The van der Waals surface area contributed by atoms with Crippen molar-refractivity contribution >= 4 is 5.96 Å². The molecule has 0 spiro atoms. The lowest BCUT2D eigenvalue weighted by Gasteiger charge is -2.11. The largest absolute Gasteiger partial charge is 0.353 e. The monoisotopic (exact) mass is 200 g/mol. The van der Waals surface area contributed by atoms with Crippen LogP contribution in [-0.4, -0.2) is 18.5 Å². The molecule has 0 heterocycles. The second kappa shape index (κ2) is 8.81. The van der Waals surface area contributed by atoms with Crippen LogP contribution in [0.5, 0.6) is 0 Å². The molecule has 0 fully saturated rings. The number of rotatable bonds is 6. The summed E-state index contributed by atoms with van der Waals surface area (Å²) in [7, 11) is 0. The Hall–Kier alpha value is -0.770. The van der Waals surface area contributed by atoms with Gasteiger partial charge in [0.1, 0.15) is 0 Å². The first-order valence-corrected chi connectivity index (χ1v) is 5.48. The van der Waals surface area contributed by atoms with Crippen molar-refractivity contribution in [3.8, 4) is 0 Å². The van der Waals surface area contributed by atoms with Gasteiger partial charge in [-0.1, -0.05) is 26.2 Å². The van der Waals surface area contributed by atoms with Crippen molar-refractivity contribution in [2.75, 3.05) is 6.54 Å². The highest BCUT2D eigenvalue weighted by atomic mass is 15.3. The molecule has 0 unspecified atom stereocenters. The fourth-order valence-corrected chi connectivity index (χ4v) is 1.14. The quantitative estimate of drug-likeness (QED) is 0.200. The van der Waals surface area contributed by atoms with E-state index in [-0.39, 0.29) is 0 Å². The molecule has 14 heavy (non-hydrogen) atoms. The number of aliphatic imine (C=N–C) groups is 1. The average Bonchev–Trinajstić information content (AvgIpc) is 2.15. The highest BCUT2D eigenvalue weighted by molar-refractivity contribution is 5.79. The van der Waals surface area contributed by atoms with E-state index in [1.165, 1.54) is 19.3 Å². The van der Waals surface area contributed by atoms with Crippen LogP contribution in [0.2, 0.25) is 0 Å². The SMILES string of the molecule is CCCCCCN=C(NN)NC(C)C. The van der Waals surface area contributed by atoms with Gasteiger partial charge < -0.3 is 5.32 Å². The summed E-state index contributed by atoms with van der Waals surface area (Å²) in [5.74, 6) is 6.01. The van der Waals surface area contributed by atoms with Gasteiger partial charge in [-0.15, -0.1) is 0 Å². The minimum absolute atomic E-state index is 0.362. The number of hydrogen-bond donors (Lipinski definition) is 3. The van der Waals surface area contributed by atoms with Gasteiger partial charge in [0.2, 0.25) is 5.96 Å². The lowest BCUT2D eigenvalue weighted by atomic mass is 10.2. The molecule has 4 nitrogen and oxygen atoms in total. The van der Waals surface area contributed by atoms with Crippen molar-refractivity contribution in [3.05, 3.63) is 0 Å². The molecule has 0 aliphatic rings. The van der Waals surface area contributed by atoms with Gasteiger partial charge in [0.25, 0.3) is 0 Å². The zero-order valence-electron chi connectivity index (χ0n) is 9.64. The van der Waals surface area contributed by atoms with E-state index in [4.69, 9.17) is 5.84 Å². The molecule has 0 aromatic rings. The molecule has 0 saturated carbocycles. The van der Waals surface area contributed by atoms with Crippen LogP contribution in [0.1, 0.15) is 46.5 Å². The number of nitrogens with zero attached hydrogens (tertiary/aromatic N) is 1.